The van der Waals surface area contributed by atoms with Crippen LogP contribution < -0.4 is 10.0 Å². The maximum absolute atomic E-state index is 14.9. The molecule has 2 atom stereocenters. The number of carbonyl (C=O) groups is 2. The van der Waals surface area contributed by atoms with Crippen molar-refractivity contribution in [2.24, 2.45) is 12.5 Å². The molecule has 1 aliphatic rings. The summed E-state index contributed by atoms with van der Waals surface area (Å²) in [6.07, 6.45) is 0.0857. The number of pyridine rings is 1. The first-order valence-electron chi connectivity index (χ1n) is 9.93. The van der Waals surface area contributed by atoms with Crippen molar-refractivity contribution in [1.82, 2.24) is 25.2 Å². The zero-order valence-corrected chi connectivity index (χ0v) is 17.6. The molecule has 0 saturated carbocycles. The van der Waals surface area contributed by atoms with Crippen LogP contribution in [0.2, 0.25) is 0 Å². The van der Waals surface area contributed by atoms with E-state index in [4.69, 9.17) is 4.74 Å². The SMILES string of the molecule is CC[C@@](C)(C(=O)[O-])C1CN(c2ccc(-c3ccc(-c4nnn(C)n4)nc3)c(F)c2)C(=O)O1. The average Bonchev–Trinajstić information content (AvgIpc) is 3.39. The standard InChI is InChI=1S/C21H21FN6O4/c1-4-21(2,19(29)30)17-11-28(20(31)32-17)13-6-7-14(15(22)9-13)12-5-8-16(23-10-12)18-24-26-27(3)25-18/h5-10,17H,4,11H2,1-3H3,(H,29,30)/p-1/t17?,21-/m1/s1. The molecule has 0 spiro atoms. The Kier molecular flexibility index (Phi) is 5.33. The molecule has 1 amide bonds. The molecule has 0 bridgehead atoms. The van der Waals surface area contributed by atoms with E-state index in [0.29, 0.717) is 17.1 Å². The van der Waals surface area contributed by atoms with Crippen LogP contribution in [-0.4, -0.2) is 49.9 Å². The van der Waals surface area contributed by atoms with Crippen LogP contribution in [-0.2, 0) is 16.6 Å². The van der Waals surface area contributed by atoms with E-state index < -0.39 is 29.4 Å². The Bertz CT molecular complexity index is 1180. The number of anilines is 1. The number of carboxylic acid groups (broad SMARTS) is 1. The molecule has 2 aromatic heterocycles. The summed E-state index contributed by atoms with van der Waals surface area (Å²) in [4.78, 5) is 30.7. The van der Waals surface area contributed by atoms with Gasteiger partial charge in [-0.1, -0.05) is 19.9 Å². The number of carbonyl (C=O) groups excluding carboxylic acids is 2. The molecule has 1 aromatic carbocycles. The topological polar surface area (TPSA) is 126 Å². The molecule has 1 unspecified atom stereocenters. The highest BCUT2D eigenvalue weighted by molar-refractivity contribution is 5.91. The van der Waals surface area contributed by atoms with E-state index in [1.165, 1.54) is 34.9 Å². The first-order chi connectivity index (χ1) is 15.2. The fraction of sp³-hybridized carbons (Fsp3) is 0.333. The van der Waals surface area contributed by atoms with Crippen LogP contribution in [0.3, 0.4) is 0 Å². The number of benzene rings is 1. The van der Waals surface area contributed by atoms with Gasteiger partial charge in [-0.2, -0.15) is 4.80 Å². The van der Waals surface area contributed by atoms with Gasteiger partial charge in [0.05, 0.1) is 25.2 Å². The molecule has 1 saturated heterocycles. The Morgan fingerprint density at radius 1 is 1.34 bits per heavy atom. The van der Waals surface area contributed by atoms with E-state index in [2.05, 4.69) is 20.4 Å². The van der Waals surface area contributed by atoms with E-state index >= 15 is 0 Å². The molecule has 0 radical (unpaired) electrons. The van der Waals surface area contributed by atoms with E-state index in [1.54, 1.807) is 32.2 Å². The number of nitrogens with zero attached hydrogens (tertiary/aromatic N) is 6. The number of carboxylic acids is 1. The van der Waals surface area contributed by atoms with E-state index in [-0.39, 0.29) is 24.2 Å². The Hall–Kier alpha value is -3.89. The van der Waals surface area contributed by atoms with E-state index in [1.807, 2.05) is 0 Å². The van der Waals surface area contributed by atoms with Crippen molar-refractivity contribution >= 4 is 17.7 Å². The van der Waals surface area contributed by atoms with Crippen molar-refractivity contribution in [3.63, 3.8) is 0 Å². The number of tetrazole rings is 1. The molecule has 4 rings (SSSR count). The molecule has 1 aliphatic heterocycles. The Balaban J connectivity index is 1.56. The maximum atomic E-state index is 14.9. The highest BCUT2D eigenvalue weighted by Crippen LogP contribution is 2.35. The molecular weight excluding hydrogens is 419 g/mol. The Labute approximate surface area is 182 Å². The number of halogens is 1. The minimum atomic E-state index is -1.34. The van der Waals surface area contributed by atoms with Crippen LogP contribution in [0.25, 0.3) is 22.6 Å². The largest absolute Gasteiger partial charge is 0.549 e. The number of aromatic nitrogens is 5. The zero-order chi connectivity index (χ0) is 23.0. The minimum absolute atomic E-state index is 0.0166. The lowest BCUT2D eigenvalue weighted by molar-refractivity contribution is -0.322. The van der Waals surface area contributed by atoms with Gasteiger partial charge in [0.1, 0.15) is 17.6 Å². The number of aryl methyl sites for hydroxylation is 1. The first kappa shape index (κ1) is 21.3. The number of aliphatic carboxylic acids is 1. The predicted molar refractivity (Wildman–Crippen MR) is 108 cm³/mol. The third kappa shape index (κ3) is 3.66. The highest BCUT2D eigenvalue weighted by Gasteiger charge is 2.44. The number of amides is 1. The second-order valence-corrected chi connectivity index (χ2v) is 7.74. The third-order valence-electron chi connectivity index (χ3n) is 5.80. The van der Waals surface area contributed by atoms with Gasteiger partial charge in [-0.15, -0.1) is 10.2 Å². The predicted octanol–water partition coefficient (Wildman–Crippen LogP) is 1.57. The summed E-state index contributed by atoms with van der Waals surface area (Å²) in [5.74, 6) is -1.51. The van der Waals surface area contributed by atoms with Crippen molar-refractivity contribution in [2.45, 2.75) is 26.4 Å². The second-order valence-electron chi connectivity index (χ2n) is 7.74. The van der Waals surface area contributed by atoms with Crippen molar-refractivity contribution in [3.8, 4) is 22.6 Å². The fourth-order valence-electron chi connectivity index (χ4n) is 3.49. The normalized spacial score (nSPS) is 17.8. The molecular formula is C21H20FN6O4-. The first-order valence-corrected chi connectivity index (χ1v) is 9.93. The lowest BCUT2D eigenvalue weighted by Crippen LogP contribution is -2.49. The van der Waals surface area contributed by atoms with Crippen LogP contribution in [0.5, 0.6) is 0 Å². The molecule has 166 valence electrons. The number of cyclic esters (lactones) is 1. The molecule has 11 heteroatoms. The van der Waals surface area contributed by atoms with Gasteiger partial charge < -0.3 is 14.6 Å². The van der Waals surface area contributed by atoms with Crippen molar-refractivity contribution < 1.29 is 23.8 Å². The molecule has 3 aromatic rings. The molecule has 32 heavy (non-hydrogen) atoms. The summed E-state index contributed by atoms with van der Waals surface area (Å²) in [5.41, 5.74) is 0.241. The smallest absolute Gasteiger partial charge is 0.414 e. The number of ether oxygens (including phenoxy) is 1. The Morgan fingerprint density at radius 2 is 2.12 bits per heavy atom. The summed E-state index contributed by atoms with van der Waals surface area (Å²) in [5, 5.41) is 23.3. The van der Waals surface area contributed by atoms with Gasteiger partial charge in [0.25, 0.3) is 0 Å². The summed E-state index contributed by atoms with van der Waals surface area (Å²) in [6, 6.07) is 7.65. The Morgan fingerprint density at radius 3 is 2.69 bits per heavy atom. The molecule has 3 heterocycles. The quantitative estimate of drug-likeness (QED) is 0.566. The van der Waals surface area contributed by atoms with Crippen molar-refractivity contribution in [2.75, 3.05) is 11.4 Å². The van der Waals surface area contributed by atoms with Crippen LogP contribution in [0.1, 0.15) is 20.3 Å². The molecule has 0 aliphatic carbocycles. The van der Waals surface area contributed by atoms with Gasteiger partial charge >= 0.3 is 6.09 Å². The van der Waals surface area contributed by atoms with Crippen LogP contribution in [0.4, 0.5) is 14.9 Å². The van der Waals surface area contributed by atoms with Crippen molar-refractivity contribution in [1.29, 1.82) is 0 Å². The highest BCUT2D eigenvalue weighted by atomic mass is 19.1. The van der Waals surface area contributed by atoms with Gasteiger partial charge in [0.15, 0.2) is 0 Å². The summed E-state index contributed by atoms with van der Waals surface area (Å²) in [6.45, 7) is 3.14. The molecule has 1 fully saturated rings. The zero-order valence-electron chi connectivity index (χ0n) is 17.6. The lowest BCUT2D eigenvalue weighted by atomic mass is 9.81. The van der Waals surface area contributed by atoms with Crippen LogP contribution in [0.15, 0.2) is 36.5 Å². The van der Waals surface area contributed by atoms with Crippen LogP contribution in [0, 0.1) is 11.2 Å². The monoisotopic (exact) mass is 439 g/mol. The number of hydrogen-bond donors (Lipinski definition) is 0. The minimum Gasteiger partial charge on any atom is -0.549 e. The van der Waals surface area contributed by atoms with E-state index in [0.717, 1.165) is 0 Å². The fourth-order valence-corrected chi connectivity index (χ4v) is 3.49. The van der Waals surface area contributed by atoms with E-state index in [9.17, 15) is 19.1 Å². The van der Waals surface area contributed by atoms with Crippen molar-refractivity contribution in [3.05, 3.63) is 42.3 Å². The molecule has 10 nitrogen and oxygen atoms in total. The molecule has 0 N–H and O–H groups in total. The average molecular weight is 439 g/mol. The maximum Gasteiger partial charge on any atom is 0.414 e. The number of rotatable bonds is 6. The van der Waals surface area contributed by atoms with Gasteiger partial charge in [-0.25, -0.2) is 9.18 Å². The third-order valence-corrected chi connectivity index (χ3v) is 5.80. The lowest BCUT2D eigenvalue weighted by Gasteiger charge is -2.33. The summed E-state index contributed by atoms with van der Waals surface area (Å²) < 4.78 is 20.2. The second kappa shape index (κ2) is 7.98. The van der Waals surface area contributed by atoms with Gasteiger partial charge in [0, 0.05) is 22.7 Å². The summed E-state index contributed by atoms with van der Waals surface area (Å²) in [7, 11) is 1.64. The summed E-state index contributed by atoms with van der Waals surface area (Å²) >= 11 is 0. The van der Waals surface area contributed by atoms with Crippen LogP contribution >= 0.6 is 0 Å². The number of hydrogen-bond acceptors (Lipinski definition) is 8. The van der Waals surface area contributed by atoms with Gasteiger partial charge in [-0.3, -0.25) is 9.88 Å². The van der Waals surface area contributed by atoms with Gasteiger partial charge in [0.2, 0.25) is 5.82 Å². The van der Waals surface area contributed by atoms with Gasteiger partial charge in [-0.05, 0) is 35.9 Å².